The van der Waals surface area contributed by atoms with E-state index < -0.39 is 12.9 Å². The summed E-state index contributed by atoms with van der Waals surface area (Å²) in [7, 11) is -4.14. The van der Waals surface area contributed by atoms with Gasteiger partial charge in [0, 0.05) is 0 Å². The summed E-state index contributed by atoms with van der Waals surface area (Å²) in [6, 6.07) is 0. The Labute approximate surface area is 66.7 Å². The van der Waals surface area contributed by atoms with E-state index in [1.165, 1.54) is 13.8 Å². The molecule has 0 aromatic carbocycles. The Bertz CT molecular complexity index is 169. The first kappa shape index (κ1) is 11.1. The number of rotatable bonds is 3. The first-order valence-electron chi connectivity index (χ1n) is 3.40. The van der Waals surface area contributed by atoms with Crippen LogP contribution >= 0.6 is 7.60 Å². The Morgan fingerprint density at radius 2 is 1.73 bits per heavy atom. The number of hydrogen-bond acceptors (Lipinski definition) is 2. The van der Waals surface area contributed by atoms with E-state index in [-0.39, 0.29) is 6.10 Å². The molecule has 0 aliphatic heterocycles. The van der Waals surface area contributed by atoms with E-state index in [4.69, 9.17) is 14.5 Å². The zero-order chi connectivity index (χ0) is 9.28. The van der Waals surface area contributed by atoms with Gasteiger partial charge in [0.2, 0.25) is 0 Å². The minimum atomic E-state index is -4.14. The normalized spacial score (nSPS) is 14.1. The quantitative estimate of drug-likeness (QED) is 0.646. The summed E-state index contributed by atoms with van der Waals surface area (Å²) in [5, 5.41) is -1.37. The van der Waals surface area contributed by atoms with Crippen molar-refractivity contribution in [2.24, 2.45) is 0 Å². The lowest BCUT2D eigenvalue weighted by Gasteiger charge is -2.28. The maximum absolute atomic E-state index is 10.8. The molecule has 2 N–H and O–H groups in total. The van der Waals surface area contributed by atoms with Crippen LogP contribution in [0.2, 0.25) is 0 Å². The van der Waals surface area contributed by atoms with Crippen molar-refractivity contribution in [2.45, 2.75) is 39.1 Å². The van der Waals surface area contributed by atoms with Gasteiger partial charge in [-0.15, -0.1) is 0 Å². The molecule has 0 aromatic rings. The average Bonchev–Trinajstić information content (AvgIpc) is 1.56. The van der Waals surface area contributed by atoms with Crippen LogP contribution in [0.15, 0.2) is 0 Å². The smallest absolute Gasteiger partial charge is 0.356 e. The molecule has 68 valence electrons. The molecule has 0 heterocycles. The third-order valence-corrected chi connectivity index (χ3v) is 2.73. The fraction of sp³-hybridized carbons (Fsp3) is 1.00. The highest BCUT2D eigenvalue weighted by atomic mass is 31.2. The van der Waals surface area contributed by atoms with Crippen LogP contribution in [0.5, 0.6) is 0 Å². The highest BCUT2D eigenvalue weighted by Gasteiger charge is 2.39. The van der Waals surface area contributed by atoms with Crippen LogP contribution in [-0.4, -0.2) is 21.2 Å². The first-order valence-corrected chi connectivity index (χ1v) is 5.01. The van der Waals surface area contributed by atoms with Crippen LogP contribution in [0.4, 0.5) is 0 Å². The van der Waals surface area contributed by atoms with Gasteiger partial charge in [-0.1, -0.05) is 0 Å². The van der Waals surface area contributed by atoms with Crippen molar-refractivity contribution >= 4 is 7.60 Å². The highest BCUT2D eigenvalue weighted by Crippen LogP contribution is 2.51. The maximum Gasteiger partial charge on any atom is 0.356 e. The number of hydrogen-bond donors (Lipinski definition) is 2. The van der Waals surface area contributed by atoms with Crippen molar-refractivity contribution in [3.8, 4) is 0 Å². The fourth-order valence-electron chi connectivity index (χ4n) is 0.645. The molecule has 5 heteroatoms. The molecule has 0 fully saturated rings. The summed E-state index contributed by atoms with van der Waals surface area (Å²) < 4.78 is 15.8. The molecule has 0 aliphatic carbocycles. The maximum atomic E-state index is 10.8. The summed E-state index contributed by atoms with van der Waals surface area (Å²) in [6.07, 6.45) is -0.183. The summed E-state index contributed by atoms with van der Waals surface area (Å²) in [5.41, 5.74) is 0. The van der Waals surface area contributed by atoms with Gasteiger partial charge >= 0.3 is 7.60 Å². The Kier molecular flexibility index (Phi) is 3.27. The molecule has 0 atom stereocenters. The highest BCUT2D eigenvalue weighted by molar-refractivity contribution is 7.53. The minimum absolute atomic E-state index is 0.183. The van der Waals surface area contributed by atoms with E-state index in [2.05, 4.69) is 0 Å². The van der Waals surface area contributed by atoms with Crippen LogP contribution in [-0.2, 0) is 9.30 Å². The van der Waals surface area contributed by atoms with Crippen LogP contribution in [0, 0.1) is 0 Å². The van der Waals surface area contributed by atoms with E-state index in [1.54, 1.807) is 13.8 Å². The Morgan fingerprint density at radius 3 is 1.82 bits per heavy atom. The SMILES string of the molecule is CC(C)OC(C)(C)P(=O)(O)O. The molecule has 0 spiro atoms. The second-order valence-electron chi connectivity index (χ2n) is 3.16. The minimum Gasteiger partial charge on any atom is -0.360 e. The van der Waals surface area contributed by atoms with Gasteiger partial charge in [0.1, 0.15) is 0 Å². The van der Waals surface area contributed by atoms with Crippen molar-refractivity contribution in [1.82, 2.24) is 0 Å². The van der Waals surface area contributed by atoms with Gasteiger partial charge in [-0.3, -0.25) is 4.57 Å². The van der Waals surface area contributed by atoms with E-state index in [0.717, 1.165) is 0 Å². The van der Waals surface area contributed by atoms with Crippen molar-refractivity contribution < 1.29 is 19.1 Å². The van der Waals surface area contributed by atoms with E-state index in [0.29, 0.717) is 0 Å². The van der Waals surface area contributed by atoms with Crippen molar-refractivity contribution in [3.63, 3.8) is 0 Å². The van der Waals surface area contributed by atoms with Gasteiger partial charge in [0.15, 0.2) is 5.34 Å². The molecule has 4 nitrogen and oxygen atoms in total. The molecule has 0 rings (SSSR count). The summed E-state index contributed by atoms with van der Waals surface area (Å²) in [5.74, 6) is 0. The second-order valence-corrected chi connectivity index (χ2v) is 5.32. The van der Waals surface area contributed by atoms with E-state index in [9.17, 15) is 4.57 Å². The van der Waals surface area contributed by atoms with Crippen molar-refractivity contribution in [3.05, 3.63) is 0 Å². The molecule has 11 heavy (non-hydrogen) atoms. The summed E-state index contributed by atoms with van der Waals surface area (Å²) in [6.45, 7) is 6.23. The topological polar surface area (TPSA) is 66.8 Å². The molecular formula is C6H15O4P. The molecule has 0 bridgehead atoms. The van der Waals surface area contributed by atoms with Crippen LogP contribution < -0.4 is 0 Å². The van der Waals surface area contributed by atoms with Gasteiger partial charge in [-0.25, -0.2) is 0 Å². The van der Waals surface area contributed by atoms with E-state index in [1.807, 2.05) is 0 Å². The Morgan fingerprint density at radius 1 is 1.36 bits per heavy atom. The standard InChI is InChI=1S/C6H15O4P/c1-5(2)10-6(3,4)11(7,8)9/h5H,1-4H3,(H2,7,8,9). The molecule has 0 saturated heterocycles. The van der Waals surface area contributed by atoms with E-state index >= 15 is 0 Å². The lowest BCUT2D eigenvalue weighted by Crippen LogP contribution is -2.27. The van der Waals surface area contributed by atoms with Gasteiger partial charge < -0.3 is 14.5 Å². The molecule has 0 aromatic heterocycles. The predicted octanol–water partition coefficient (Wildman–Crippen LogP) is 1.33. The predicted molar refractivity (Wildman–Crippen MR) is 42.3 cm³/mol. The molecule has 0 amide bonds. The van der Waals surface area contributed by atoms with Crippen molar-refractivity contribution in [1.29, 1.82) is 0 Å². The third kappa shape index (κ3) is 3.34. The fourth-order valence-corrected chi connectivity index (χ4v) is 0.994. The molecule has 0 aliphatic rings. The molecule has 0 radical (unpaired) electrons. The summed E-state index contributed by atoms with van der Waals surface area (Å²) in [4.78, 5) is 17.6. The Balaban J connectivity index is 4.35. The molecule has 0 unspecified atom stereocenters. The average molecular weight is 182 g/mol. The Hall–Kier alpha value is 0.110. The third-order valence-electron chi connectivity index (χ3n) is 1.23. The van der Waals surface area contributed by atoms with Crippen LogP contribution in [0.3, 0.4) is 0 Å². The second kappa shape index (κ2) is 3.23. The van der Waals surface area contributed by atoms with Crippen LogP contribution in [0.25, 0.3) is 0 Å². The number of ether oxygens (including phenoxy) is 1. The van der Waals surface area contributed by atoms with Gasteiger partial charge in [-0.2, -0.15) is 0 Å². The lowest BCUT2D eigenvalue weighted by molar-refractivity contribution is -0.0160. The van der Waals surface area contributed by atoms with Gasteiger partial charge in [0.25, 0.3) is 0 Å². The summed E-state index contributed by atoms with van der Waals surface area (Å²) >= 11 is 0. The first-order chi connectivity index (χ1) is 4.67. The molecular weight excluding hydrogens is 167 g/mol. The molecule has 0 saturated carbocycles. The largest absolute Gasteiger partial charge is 0.360 e. The van der Waals surface area contributed by atoms with Crippen molar-refractivity contribution in [2.75, 3.05) is 0 Å². The van der Waals surface area contributed by atoms with Gasteiger partial charge in [-0.05, 0) is 27.7 Å². The lowest BCUT2D eigenvalue weighted by atomic mass is 10.4. The van der Waals surface area contributed by atoms with Gasteiger partial charge in [0.05, 0.1) is 6.10 Å². The zero-order valence-corrected chi connectivity index (χ0v) is 8.13. The zero-order valence-electron chi connectivity index (χ0n) is 7.24. The monoisotopic (exact) mass is 182 g/mol. The van der Waals surface area contributed by atoms with Crippen LogP contribution in [0.1, 0.15) is 27.7 Å².